The highest BCUT2D eigenvalue weighted by atomic mass is 32.2. The summed E-state index contributed by atoms with van der Waals surface area (Å²) in [5.74, 6) is 0.898. The molecule has 2 aliphatic rings. The maximum atomic E-state index is 6.82. The SMILES string of the molecule is COc1ccc(SN2CCC3(CC2)OC(c2ccccc2)c2ccccc23)cc1. The Hall–Kier alpha value is -2.27. The predicted molar refractivity (Wildman–Crippen MR) is 117 cm³/mol. The average molecular weight is 404 g/mol. The van der Waals surface area contributed by atoms with Crippen LogP contribution in [0.1, 0.15) is 35.6 Å². The topological polar surface area (TPSA) is 21.7 Å². The Morgan fingerprint density at radius 2 is 1.59 bits per heavy atom. The highest BCUT2D eigenvalue weighted by Crippen LogP contribution is 2.52. The molecular formula is C25H25NO2S. The number of benzene rings is 3. The first kappa shape index (κ1) is 18.7. The highest BCUT2D eigenvalue weighted by Gasteiger charge is 2.47. The monoisotopic (exact) mass is 403 g/mol. The van der Waals surface area contributed by atoms with E-state index < -0.39 is 0 Å². The third-order valence-electron chi connectivity index (χ3n) is 6.00. The Labute approximate surface area is 176 Å². The van der Waals surface area contributed by atoms with E-state index in [9.17, 15) is 0 Å². The van der Waals surface area contributed by atoms with Crippen molar-refractivity contribution in [3.8, 4) is 5.75 Å². The van der Waals surface area contributed by atoms with Gasteiger partial charge < -0.3 is 9.47 Å². The fraction of sp³-hybridized carbons (Fsp3) is 0.280. The van der Waals surface area contributed by atoms with Gasteiger partial charge in [0.15, 0.2) is 0 Å². The normalized spacial score (nSPS) is 20.5. The van der Waals surface area contributed by atoms with Crippen LogP contribution in [0.15, 0.2) is 83.8 Å². The minimum absolute atomic E-state index is 0.0354. The molecule has 29 heavy (non-hydrogen) atoms. The molecule has 1 unspecified atom stereocenters. The molecule has 1 saturated heterocycles. The summed E-state index contributed by atoms with van der Waals surface area (Å²) in [6.07, 6.45) is 2.06. The van der Waals surface area contributed by atoms with Gasteiger partial charge in [0.2, 0.25) is 0 Å². The fourth-order valence-corrected chi connectivity index (χ4v) is 5.40. The van der Waals surface area contributed by atoms with Crippen LogP contribution in [0.2, 0.25) is 0 Å². The molecule has 0 saturated carbocycles. The maximum absolute atomic E-state index is 6.82. The summed E-state index contributed by atoms with van der Waals surface area (Å²) in [6.45, 7) is 2.01. The maximum Gasteiger partial charge on any atom is 0.118 e. The largest absolute Gasteiger partial charge is 0.497 e. The highest BCUT2D eigenvalue weighted by molar-refractivity contribution is 7.97. The minimum atomic E-state index is -0.173. The van der Waals surface area contributed by atoms with Crippen LogP contribution < -0.4 is 4.74 Å². The summed E-state index contributed by atoms with van der Waals surface area (Å²) in [4.78, 5) is 1.25. The minimum Gasteiger partial charge on any atom is -0.497 e. The van der Waals surface area contributed by atoms with E-state index in [4.69, 9.17) is 9.47 Å². The molecule has 5 rings (SSSR count). The van der Waals surface area contributed by atoms with Crippen LogP contribution in [0.4, 0.5) is 0 Å². The molecule has 4 heteroatoms. The Morgan fingerprint density at radius 3 is 2.31 bits per heavy atom. The van der Waals surface area contributed by atoms with E-state index in [2.05, 4.69) is 71.0 Å². The Kier molecular flexibility index (Phi) is 5.08. The van der Waals surface area contributed by atoms with E-state index in [0.717, 1.165) is 31.7 Å². The van der Waals surface area contributed by atoms with E-state index in [1.165, 1.54) is 21.6 Å². The summed E-state index contributed by atoms with van der Waals surface area (Å²) in [5, 5.41) is 0. The van der Waals surface area contributed by atoms with Gasteiger partial charge in [-0.15, -0.1) is 0 Å². The lowest BCUT2D eigenvalue weighted by molar-refractivity contribution is -0.0876. The van der Waals surface area contributed by atoms with Gasteiger partial charge in [0.25, 0.3) is 0 Å². The lowest BCUT2D eigenvalue weighted by atomic mass is 9.84. The van der Waals surface area contributed by atoms with Crippen LogP contribution in [0.25, 0.3) is 0 Å². The summed E-state index contributed by atoms with van der Waals surface area (Å²) < 4.78 is 14.5. The zero-order chi connectivity index (χ0) is 19.7. The van der Waals surface area contributed by atoms with Crippen molar-refractivity contribution in [2.75, 3.05) is 20.2 Å². The number of piperidine rings is 1. The third kappa shape index (κ3) is 3.57. The van der Waals surface area contributed by atoms with Crippen molar-refractivity contribution >= 4 is 11.9 Å². The predicted octanol–water partition coefficient (Wildman–Crippen LogP) is 5.81. The summed E-state index contributed by atoms with van der Waals surface area (Å²) in [6, 6.07) is 27.7. The number of hydrogen-bond acceptors (Lipinski definition) is 4. The van der Waals surface area contributed by atoms with Crippen LogP contribution in [-0.4, -0.2) is 24.5 Å². The molecule has 2 aliphatic heterocycles. The molecule has 2 heterocycles. The molecule has 1 atom stereocenters. The molecule has 3 aromatic carbocycles. The molecule has 0 amide bonds. The molecule has 0 aliphatic carbocycles. The molecule has 0 bridgehead atoms. The number of hydrogen-bond donors (Lipinski definition) is 0. The first-order valence-electron chi connectivity index (χ1n) is 10.2. The molecular weight excluding hydrogens is 378 g/mol. The van der Waals surface area contributed by atoms with Crippen molar-refractivity contribution in [3.63, 3.8) is 0 Å². The van der Waals surface area contributed by atoms with Crippen molar-refractivity contribution in [1.29, 1.82) is 0 Å². The number of nitrogens with zero attached hydrogens (tertiary/aromatic N) is 1. The zero-order valence-electron chi connectivity index (χ0n) is 16.6. The second-order valence-corrected chi connectivity index (χ2v) is 8.86. The summed E-state index contributed by atoms with van der Waals surface area (Å²) >= 11 is 1.83. The number of fused-ring (bicyclic) bond motifs is 2. The van der Waals surface area contributed by atoms with Crippen LogP contribution in [0, 0.1) is 0 Å². The van der Waals surface area contributed by atoms with Gasteiger partial charge in [-0.25, -0.2) is 4.31 Å². The lowest BCUT2D eigenvalue weighted by Gasteiger charge is -2.39. The Balaban J connectivity index is 1.33. The van der Waals surface area contributed by atoms with E-state index in [0.29, 0.717) is 0 Å². The molecule has 0 radical (unpaired) electrons. The van der Waals surface area contributed by atoms with Crippen LogP contribution in [0.3, 0.4) is 0 Å². The van der Waals surface area contributed by atoms with Crippen LogP contribution >= 0.6 is 11.9 Å². The van der Waals surface area contributed by atoms with Crippen molar-refractivity contribution in [2.24, 2.45) is 0 Å². The summed E-state index contributed by atoms with van der Waals surface area (Å²) in [7, 11) is 1.70. The van der Waals surface area contributed by atoms with Gasteiger partial charge in [-0.3, -0.25) is 0 Å². The van der Waals surface area contributed by atoms with E-state index >= 15 is 0 Å². The number of methoxy groups -OCH3 is 1. The van der Waals surface area contributed by atoms with Crippen molar-refractivity contribution in [1.82, 2.24) is 4.31 Å². The van der Waals surface area contributed by atoms with E-state index in [1.54, 1.807) is 7.11 Å². The van der Waals surface area contributed by atoms with Crippen molar-refractivity contribution in [2.45, 2.75) is 29.4 Å². The summed E-state index contributed by atoms with van der Waals surface area (Å²) in [5.41, 5.74) is 3.78. The molecule has 3 aromatic rings. The fourth-order valence-electron chi connectivity index (χ4n) is 4.48. The zero-order valence-corrected chi connectivity index (χ0v) is 17.4. The smallest absolute Gasteiger partial charge is 0.118 e. The molecule has 3 nitrogen and oxygen atoms in total. The Morgan fingerprint density at radius 1 is 0.897 bits per heavy atom. The second-order valence-electron chi connectivity index (χ2n) is 7.69. The molecule has 0 aromatic heterocycles. The van der Waals surface area contributed by atoms with E-state index in [-0.39, 0.29) is 11.7 Å². The van der Waals surface area contributed by atoms with Gasteiger partial charge in [-0.1, -0.05) is 54.6 Å². The molecule has 148 valence electrons. The number of ether oxygens (including phenoxy) is 2. The Bertz CT molecular complexity index is 966. The molecule has 1 spiro atoms. The quantitative estimate of drug-likeness (QED) is 0.512. The molecule has 0 N–H and O–H groups in total. The standard InChI is InChI=1S/C25H25NO2S/c1-27-20-11-13-21(14-12-20)29-26-17-15-25(16-18-26)23-10-6-5-9-22(23)24(28-25)19-7-3-2-4-8-19/h2-14,24H,15-18H2,1H3. The first-order chi connectivity index (χ1) is 14.3. The van der Waals surface area contributed by atoms with Gasteiger partial charge in [0.05, 0.1) is 12.7 Å². The van der Waals surface area contributed by atoms with Gasteiger partial charge in [0, 0.05) is 18.0 Å². The van der Waals surface area contributed by atoms with Crippen LogP contribution in [0.5, 0.6) is 5.75 Å². The molecule has 1 fully saturated rings. The van der Waals surface area contributed by atoms with Crippen molar-refractivity contribution in [3.05, 3.63) is 95.6 Å². The first-order valence-corrected chi connectivity index (χ1v) is 10.9. The third-order valence-corrected chi connectivity index (χ3v) is 7.11. The lowest BCUT2D eigenvalue weighted by Crippen LogP contribution is -2.39. The van der Waals surface area contributed by atoms with Crippen molar-refractivity contribution < 1.29 is 9.47 Å². The van der Waals surface area contributed by atoms with Gasteiger partial charge in [-0.05, 0) is 65.7 Å². The van der Waals surface area contributed by atoms with E-state index in [1.807, 2.05) is 24.1 Å². The second kappa shape index (κ2) is 7.86. The van der Waals surface area contributed by atoms with Gasteiger partial charge in [0.1, 0.15) is 11.9 Å². The van der Waals surface area contributed by atoms with Gasteiger partial charge >= 0.3 is 0 Å². The average Bonchev–Trinajstić information content (AvgIpc) is 3.11. The van der Waals surface area contributed by atoms with Crippen LogP contribution in [-0.2, 0) is 10.3 Å². The van der Waals surface area contributed by atoms with Gasteiger partial charge in [-0.2, -0.15) is 0 Å². The number of rotatable bonds is 4.